The topological polar surface area (TPSA) is 17.3 Å². The first-order chi connectivity index (χ1) is 5.20. The van der Waals surface area contributed by atoms with Gasteiger partial charge in [0.2, 0.25) is 0 Å². The average Bonchev–Trinajstić information content (AvgIpc) is 1.93. The lowest BCUT2D eigenvalue weighted by Crippen LogP contribution is -2.15. The Morgan fingerprint density at radius 2 is 2.27 bits per heavy atom. The third kappa shape index (κ3) is 2.08. The van der Waals surface area contributed by atoms with Crippen LogP contribution >= 0.6 is 0 Å². The van der Waals surface area contributed by atoms with Crippen LogP contribution in [-0.4, -0.2) is 4.57 Å². The van der Waals surface area contributed by atoms with Gasteiger partial charge in [0.25, 0.3) is 0 Å². The molecule has 0 fully saturated rings. The third-order valence-electron chi connectivity index (χ3n) is 1.33. The van der Waals surface area contributed by atoms with Crippen molar-refractivity contribution >= 4 is 0 Å². The summed E-state index contributed by atoms with van der Waals surface area (Å²) in [6.07, 6.45) is 1.96. The fourth-order valence-electron chi connectivity index (χ4n) is 0.826. The monoisotopic (exact) mass is 148 g/mol. The van der Waals surface area contributed by atoms with Crippen LogP contribution in [0.2, 0.25) is 0 Å². The Hall–Kier alpha value is -1.31. The molecule has 0 aliphatic rings. The number of pyridine rings is 1. The number of hydrogen-bond acceptors (Lipinski definition) is 1. The van der Waals surface area contributed by atoms with Gasteiger partial charge in [0.05, 0.1) is 0 Å². The first kappa shape index (κ1) is 7.79. The normalized spacial score (nSPS) is 11.6. The SMILES string of the molecule is C=C(C)N=c1ccccn1C. The molecule has 58 valence electrons. The van der Waals surface area contributed by atoms with Crippen LogP contribution in [0.15, 0.2) is 41.7 Å². The molecular weight excluding hydrogens is 136 g/mol. The van der Waals surface area contributed by atoms with Gasteiger partial charge in [0.15, 0.2) is 0 Å². The van der Waals surface area contributed by atoms with Crippen molar-refractivity contribution < 1.29 is 0 Å². The lowest BCUT2D eigenvalue weighted by molar-refractivity contribution is 0.827. The smallest absolute Gasteiger partial charge is 0.132 e. The Bertz CT molecular complexity index is 320. The van der Waals surface area contributed by atoms with E-state index >= 15 is 0 Å². The molecule has 1 aromatic heterocycles. The predicted octanol–water partition coefficient (Wildman–Crippen LogP) is 1.46. The quantitative estimate of drug-likeness (QED) is 0.573. The van der Waals surface area contributed by atoms with E-state index in [4.69, 9.17) is 0 Å². The number of nitrogens with zero attached hydrogens (tertiary/aromatic N) is 2. The predicted molar refractivity (Wildman–Crippen MR) is 45.8 cm³/mol. The minimum Gasteiger partial charge on any atom is -0.336 e. The van der Waals surface area contributed by atoms with Crippen LogP contribution in [-0.2, 0) is 7.05 Å². The van der Waals surface area contributed by atoms with Crippen molar-refractivity contribution in [2.24, 2.45) is 12.0 Å². The number of aromatic nitrogens is 1. The second-order valence-corrected chi connectivity index (χ2v) is 2.52. The summed E-state index contributed by atoms with van der Waals surface area (Å²) in [6, 6.07) is 5.88. The summed E-state index contributed by atoms with van der Waals surface area (Å²) in [7, 11) is 1.96. The van der Waals surface area contributed by atoms with E-state index in [0.29, 0.717) is 0 Å². The van der Waals surface area contributed by atoms with Gasteiger partial charge < -0.3 is 4.57 Å². The number of hydrogen-bond donors (Lipinski definition) is 0. The molecule has 1 aromatic rings. The maximum absolute atomic E-state index is 4.23. The summed E-state index contributed by atoms with van der Waals surface area (Å²) in [5.41, 5.74) is 1.76. The summed E-state index contributed by atoms with van der Waals surface area (Å²) >= 11 is 0. The van der Waals surface area contributed by atoms with Crippen LogP contribution in [0, 0.1) is 0 Å². The fourth-order valence-corrected chi connectivity index (χ4v) is 0.826. The highest BCUT2D eigenvalue weighted by molar-refractivity contribution is 4.95. The second kappa shape index (κ2) is 3.19. The molecule has 0 saturated heterocycles. The molecule has 2 heteroatoms. The molecule has 0 bridgehead atoms. The first-order valence-corrected chi connectivity index (χ1v) is 3.52. The van der Waals surface area contributed by atoms with Gasteiger partial charge in [0, 0.05) is 18.9 Å². The van der Waals surface area contributed by atoms with Crippen LogP contribution in [0.25, 0.3) is 0 Å². The summed E-state index contributed by atoms with van der Waals surface area (Å²) in [5.74, 6) is 0. The average molecular weight is 148 g/mol. The zero-order chi connectivity index (χ0) is 8.27. The minimum atomic E-state index is 0.826. The lowest BCUT2D eigenvalue weighted by Gasteiger charge is -1.96. The zero-order valence-corrected chi connectivity index (χ0v) is 6.91. The van der Waals surface area contributed by atoms with Crippen LogP contribution in [0.1, 0.15) is 6.92 Å². The van der Waals surface area contributed by atoms with Gasteiger partial charge in [-0.1, -0.05) is 12.6 Å². The minimum absolute atomic E-state index is 0.826. The van der Waals surface area contributed by atoms with Gasteiger partial charge in [-0.3, -0.25) is 0 Å². The molecule has 0 amide bonds. The van der Waals surface area contributed by atoms with Crippen LogP contribution in [0.3, 0.4) is 0 Å². The molecule has 0 spiro atoms. The largest absolute Gasteiger partial charge is 0.336 e. The summed E-state index contributed by atoms with van der Waals surface area (Å²) in [6.45, 7) is 5.59. The van der Waals surface area contributed by atoms with Crippen molar-refractivity contribution in [1.82, 2.24) is 4.57 Å². The van der Waals surface area contributed by atoms with E-state index in [1.54, 1.807) is 0 Å². The highest BCUT2D eigenvalue weighted by Gasteiger charge is 1.82. The number of aryl methyl sites for hydroxylation is 1. The van der Waals surface area contributed by atoms with E-state index in [0.717, 1.165) is 11.2 Å². The molecule has 0 aromatic carbocycles. The van der Waals surface area contributed by atoms with Crippen LogP contribution in [0.5, 0.6) is 0 Å². The number of allylic oxidation sites excluding steroid dienone is 1. The molecule has 11 heavy (non-hydrogen) atoms. The number of rotatable bonds is 1. The fraction of sp³-hybridized carbons (Fsp3) is 0.222. The Morgan fingerprint density at radius 3 is 2.82 bits per heavy atom. The van der Waals surface area contributed by atoms with Crippen LogP contribution in [0.4, 0.5) is 0 Å². The Labute approximate surface area is 66.5 Å². The second-order valence-electron chi connectivity index (χ2n) is 2.52. The third-order valence-corrected chi connectivity index (χ3v) is 1.33. The van der Waals surface area contributed by atoms with E-state index in [9.17, 15) is 0 Å². The molecule has 0 unspecified atom stereocenters. The molecule has 1 heterocycles. The van der Waals surface area contributed by atoms with Gasteiger partial charge >= 0.3 is 0 Å². The van der Waals surface area contributed by atoms with Gasteiger partial charge in [0.1, 0.15) is 5.49 Å². The summed E-state index contributed by atoms with van der Waals surface area (Å²) in [4.78, 5) is 4.23. The van der Waals surface area contributed by atoms with E-state index in [1.165, 1.54) is 0 Å². The van der Waals surface area contributed by atoms with Gasteiger partial charge in [-0.05, 0) is 19.1 Å². The van der Waals surface area contributed by atoms with Gasteiger partial charge in [-0.15, -0.1) is 0 Å². The lowest BCUT2D eigenvalue weighted by atomic mass is 10.5. The Morgan fingerprint density at radius 1 is 1.55 bits per heavy atom. The highest BCUT2D eigenvalue weighted by Crippen LogP contribution is 1.85. The van der Waals surface area contributed by atoms with Crippen molar-refractivity contribution in [3.05, 3.63) is 42.2 Å². The molecule has 0 saturated carbocycles. The molecule has 0 aliphatic carbocycles. The maximum Gasteiger partial charge on any atom is 0.132 e. The Kier molecular flexibility index (Phi) is 2.26. The summed E-state index contributed by atoms with van der Waals surface area (Å²) in [5, 5.41) is 0. The van der Waals surface area contributed by atoms with E-state index in [1.807, 2.05) is 42.9 Å². The standard InChI is InChI=1S/C9H12N2/c1-8(2)10-9-6-4-5-7-11(9)3/h4-7H,1H2,2-3H3. The molecule has 1 rings (SSSR count). The zero-order valence-electron chi connectivity index (χ0n) is 6.91. The molecule has 0 N–H and O–H groups in total. The molecular formula is C9H12N2. The highest BCUT2D eigenvalue weighted by atomic mass is 15.0. The van der Waals surface area contributed by atoms with E-state index in [2.05, 4.69) is 11.6 Å². The maximum atomic E-state index is 4.23. The molecule has 2 nitrogen and oxygen atoms in total. The van der Waals surface area contributed by atoms with Crippen molar-refractivity contribution in [2.75, 3.05) is 0 Å². The van der Waals surface area contributed by atoms with Gasteiger partial charge in [-0.25, -0.2) is 4.99 Å². The van der Waals surface area contributed by atoms with E-state index < -0.39 is 0 Å². The molecule has 0 radical (unpaired) electrons. The van der Waals surface area contributed by atoms with E-state index in [-0.39, 0.29) is 0 Å². The summed E-state index contributed by atoms with van der Waals surface area (Å²) < 4.78 is 1.95. The molecule has 0 atom stereocenters. The Balaban J connectivity index is 3.23. The van der Waals surface area contributed by atoms with Crippen molar-refractivity contribution in [2.45, 2.75) is 6.92 Å². The molecule has 0 aliphatic heterocycles. The van der Waals surface area contributed by atoms with Crippen molar-refractivity contribution in [3.63, 3.8) is 0 Å². The van der Waals surface area contributed by atoms with Crippen molar-refractivity contribution in [1.29, 1.82) is 0 Å². The van der Waals surface area contributed by atoms with Crippen molar-refractivity contribution in [3.8, 4) is 0 Å². The van der Waals surface area contributed by atoms with Crippen LogP contribution < -0.4 is 5.49 Å². The van der Waals surface area contributed by atoms with Gasteiger partial charge in [-0.2, -0.15) is 0 Å². The first-order valence-electron chi connectivity index (χ1n) is 3.52.